The van der Waals surface area contributed by atoms with Crippen LogP contribution >= 0.6 is 12.4 Å². The third kappa shape index (κ3) is 3.93. The standard InChI is InChI=1S/C20H20N4O4.ClH/c1-20(15-9-7-14(8-10-15)17(21)22)18(27)23(12-16(25)26)19(28)24(20)11-13-5-3-2-4-6-13;/h2-10H,11-12H2,1H3,(H3,21,22)(H,25,26);1H. The molecule has 4 N–H and O–H groups in total. The summed E-state index contributed by atoms with van der Waals surface area (Å²) < 4.78 is 0. The number of carboxylic acids is 1. The number of amides is 3. The van der Waals surface area contributed by atoms with E-state index in [9.17, 15) is 14.4 Å². The second kappa shape index (κ2) is 8.32. The van der Waals surface area contributed by atoms with Gasteiger partial charge in [-0.25, -0.2) is 4.79 Å². The highest BCUT2D eigenvalue weighted by molar-refractivity contribution is 6.08. The number of rotatable bonds is 6. The number of carboxylic acid groups (broad SMARTS) is 1. The molecule has 0 aromatic heterocycles. The number of nitrogen functional groups attached to an aromatic ring is 1. The lowest BCUT2D eigenvalue weighted by molar-refractivity contribution is -0.143. The lowest BCUT2D eigenvalue weighted by Crippen LogP contribution is -2.44. The van der Waals surface area contributed by atoms with Crippen LogP contribution in [-0.4, -0.2) is 45.2 Å². The van der Waals surface area contributed by atoms with Crippen LogP contribution in [0.1, 0.15) is 23.6 Å². The third-order valence-electron chi connectivity index (χ3n) is 4.90. The number of aliphatic carboxylic acids is 1. The van der Waals surface area contributed by atoms with Crippen molar-refractivity contribution in [2.45, 2.75) is 19.0 Å². The Hall–Kier alpha value is -3.39. The van der Waals surface area contributed by atoms with Crippen molar-refractivity contribution in [3.05, 3.63) is 71.3 Å². The van der Waals surface area contributed by atoms with Crippen LogP contribution in [0.15, 0.2) is 54.6 Å². The lowest BCUT2D eigenvalue weighted by Gasteiger charge is -2.32. The van der Waals surface area contributed by atoms with Gasteiger partial charge in [0, 0.05) is 12.1 Å². The summed E-state index contributed by atoms with van der Waals surface area (Å²) in [7, 11) is 0. The first-order chi connectivity index (χ1) is 13.2. The van der Waals surface area contributed by atoms with Crippen molar-refractivity contribution < 1.29 is 19.5 Å². The Morgan fingerprint density at radius 2 is 1.69 bits per heavy atom. The van der Waals surface area contributed by atoms with Gasteiger partial charge in [-0.1, -0.05) is 54.6 Å². The number of nitrogens with one attached hydrogen (secondary N) is 1. The predicted molar refractivity (Wildman–Crippen MR) is 109 cm³/mol. The van der Waals surface area contributed by atoms with E-state index in [1.165, 1.54) is 4.90 Å². The van der Waals surface area contributed by atoms with Crippen LogP contribution in [0.2, 0.25) is 0 Å². The first-order valence-corrected chi connectivity index (χ1v) is 8.59. The molecule has 152 valence electrons. The summed E-state index contributed by atoms with van der Waals surface area (Å²) in [4.78, 5) is 39.4. The quantitative estimate of drug-likeness (QED) is 0.377. The molecule has 0 spiro atoms. The second-order valence-corrected chi connectivity index (χ2v) is 6.70. The van der Waals surface area contributed by atoms with Crippen LogP contribution in [-0.2, 0) is 21.7 Å². The van der Waals surface area contributed by atoms with Gasteiger partial charge in [0.15, 0.2) is 0 Å². The molecule has 1 aliphatic rings. The zero-order chi connectivity index (χ0) is 20.5. The normalized spacial score (nSPS) is 18.5. The van der Waals surface area contributed by atoms with Gasteiger partial charge in [0.2, 0.25) is 0 Å². The lowest BCUT2D eigenvalue weighted by atomic mass is 9.89. The highest BCUT2D eigenvalue weighted by atomic mass is 35.5. The number of carbonyl (C=O) groups excluding carboxylic acids is 2. The Bertz CT molecular complexity index is 949. The Morgan fingerprint density at radius 1 is 1.10 bits per heavy atom. The second-order valence-electron chi connectivity index (χ2n) is 6.70. The van der Waals surface area contributed by atoms with Crippen molar-refractivity contribution in [3.63, 3.8) is 0 Å². The van der Waals surface area contributed by atoms with E-state index in [4.69, 9.17) is 16.2 Å². The molecule has 0 radical (unpaired) electrons. The van der Waals surface area contributed by atoms with E-state index in [0.29, 0.717) is 11.1 Å². The molecule has 2 aromatic carbocycles. The maximum atomic E-state index is 13.1. The van der Waals surface area contributed by atoms with Crippen LogP contribution in [0.5, 0.6) is 0 Å². The summed E-state index contributed by atoms with van der Waals surface area (Å²) >= 11 is 0. The van der Waals surface area contributed by atoms with Crippen molar-refractivity contribution in [1.82, 2.24) is 9.80 Å². The van der Waals surface area contributed by atoms with Crippen LogP contribution in [0.25, 0.3) is 0 Å². The molecule has 29 heavy (non-hydrogen) atoms. The number of hydrogen-bond acceptors (Lipinski definition) is 4. The summed E-state index contributed by atoms with van der Waals surface area (Å²) in [6, 6.07) is 15.0. The highest BCUT2D eigenvalue weighted by Crippen LogP contribution is 2.38. The molecule has 0 bridgehead atoms. The minimum atomic E-state index is -1.38. The molecule has 0 aliphatic carbocycles. The molecule has 1 aliphatic heterocycles. The number of nitrogens with zero attached hydrogens (tertiary/aromatic N) is 2. The van der Waals surface area contributed by atoms with E-state index in [-0.39, 0.29) is 24.8 Å². The van der Waals surface area contributed by atoms with E-state index in [1.54, 1.807) is 31.2 Å². The molecule has 1 fully saturated rings. The molecule has 9 heteroatoms. The van der Waals surface area contributed by atoms with Crippen molar-refractivity contribution in [3.8, 4) is 0 Å². The Labute approximate surface area is 173 Å². The number of hydrogen-bond donors (Lipinski definition) is 3. The maximum absolute atomic E-state index is 13.1. The van der Waals surface area contributed by atoms with E-state index in [2.05, 4.69) is 0 Å². The monoisotopic (exact) mass is 416 g/mol. The number of imide groups is 1. The molecular weight excluding hydrogens is 396 g/mol. The van der Waals surface area contributed by atoms with Crippen LogP contribution in [0.3, 0.4) is 0 Å². The van der Waals surface area contributed by atoms with Gasteiger partial charge >= 0.3 is 12.0 Å². The average Bonchev–Trinajstić information content (AvgIpc) is 2.85. The van der Waals surface area contributed by atoms with E-state index < -0.39 is 30.0 Å². The smallest absolute Gasteiger partial charge is 0.328 e. The minimum Gasteiger partial charge on any atom is -0.480 e. The van der Waals surface area contributed by atoms with Gasteiger partial charge < -0.3 is 15.7 Å². The maximum Gasteiger partial charge on any atom is 0.328 e. The summed E-state index contributed by atoms with van der Waals surface area (Å²) in [6.07, 6.45) is 0. The number of amidine groups is 1. The van der Waals surface area contributed by atoms with E-state index in [0.717, 1.165) is 10.5 Å². The van der Waals surface area contributed by atoms with E-state index >= 15 is 0 Å². The van der Waals surface area contributed by atoms with Gasteiger partial charge in [-0.15, -0.1) is 12.4 Å². The van der Waals surface area contributed by atoms with Gasteiger partial charge in [0.1, 0.15) is 17.9 Å². The predicted octanol–water partition coefficient (Wildman–Crippen LogP) is 2.16. The van der Waals surface area contributed by atoms with Crippen molar-refractivity contribution in [1.29, 1.82) is 5.41 Å². The molecule has 8 nitrogen and oxygen atoms in total. The molecule has 3 rings (SSSR count). The first kappa shape index (κ1) is 21.9. The number of benzene rings is 2. The minimum absolute atomic E-state index is 0. The Kier molecular flexibility index (Phi) is 6.28. The number of halogens is 1. The summed E-state index contributed by atoms with van der Waals surface area (Å²) in [5.74, 6) is -1.98. The molecule has 0 saturated carbocycles. The number of nitrogens with two attached hydrogens (primary N) is 1. The van der Waals surface area contributed by atoms with Gasteiger partial charge in [-0.3, -0.25) is 19.9 Å². The fourth-order valence-electron chi connectivity index (χ4n) is 3.32. The summed E-state index contributed by atoms with van der Waals surface area (Å²) in [5.41, 5.74) is 5.92. The molecule has 2 aromatic rings. The Morgan fingerprint density at radius 3 is 2.21 bits per heavy atom. The number of carbonyl (C=O) groups is 3. The van der Waals surface area contributed by atoms with Crippen LogP contribution < -0.4 is 5.73 Å². The summed E-state index contributed by atoms with van der Waals surface area (Å²) in [6.45, 7) is 1.04. The van der Waals surface area contributed by atoms with Crippen LogP contribution in [0, 0.1) is 5.41 Å². The molecule has 1 atom stereocenters. The molecule has 3 amide bonds. The fourth-order valence-corrected chi connectivity index (χ4v) is 3.32. The van der Waals surface area contributed by atoms with Gasteiger partial charge in [0.25, 0.3) is 5.91 Å². The zero-order valence-corrected chi connectivity index (χ0v) is 16.5. The number of urea groups is 1. The Balaban J connectivity index is 0.00000300. The largest absolute Gasteiger partial charge is 0.480 e. The van der Waals surface area contributed by atoms with E-state index in [1.807, 2.05) is 30.3 Å². The SMILES string of the molecule is CC1(c2ccc(C(=N)N)cc2)C(=O)N(CC(=O)O)C(=O)N1Cc1ccccc1.Cl. The molecule has 1 heterocycles. The molecular formula is C20H21ClN4O4. The summed E-state index contributed by atoms with van der Waals surface area (Å²) in [5, 5.41) is 16.6. The van der Waals surface area contributed by atoms with Gasteiger partial charge in [0.05, 0.1) is 0 Å². The third-order valence-corrected chi connectivity index (χ3v) is 4.90. The van der Waals surface area contributed by atoms with Crippen LogP contribution in [0.4, 0.5) is 4.79 Å². The zero-order valence-electron chi connectivity index (χ0n) is 15.7. The fraction of sp³-hybridized carbons (Fsp3) is 0.200. The van der Waals surface area contributed by atoms with Crippen molar-refractivity contribution in [2.24, 2.45) is 5.73 Å². The van der Waals surface area contributed by atoms with Crippen molar-refractivity contribution in [2.75, 3.05) is 6.54 Å². The molecule has 1 saturated heterocycles. The van der Waals surface area contributed by atoms with Gasteiger partial charge in [-0.05, 0) is 18.1 Å². The topological polar surface area (TPSA) is 128 Å². The van der Waals surface area contributed by atoms with Crippen molar-refractivity contribution >= 4 is 36.2 Å². The highest BCUT2D eigenvalue weighted by Gasteiger charge is 2.55. The molecule has 1 unspecified atom stereocenters. The first-order valence-electron chi connectivity index (χ1n) is 8.59. The average molecular weight is 417 g/mol. The van der Waals surface area contributed by atoms with Gasteiger partial charge in [-0.2, -0.15) is 0 Å².